The fourth-order valence-corrected chi connectivity index (χ4v) is 57.0. The van der Waals surface area contributed by atoms with E-state index >= 15 is 0 Å². The third kappa shape index (κ3) is 5.28. The molecule has 0 amide bonds. The summed E-state index contributed by atoms with van der Waals surface area (Å²) >= 11 is -5.13. The molecule has 4 aromatic rings. The summed E-state index contributed by atoms with van der Waals surface area (Å²) in [6, 6.07) is 33.1. The second-order valence-corrected chi connectivity index (χ2v) is 101. The Morgan fingerprint density at radius 1 is 0.551 bits per heavy atom. The fraction of sp³-hybridized carbons (Fsp3) is 0.404. The van der Waals surface area contributed by atoms with Crippen molar-refractivity contribution >= 4 is 19.1 Å². The van der Waals surface area contributed by atoms with Gasteiger partial charge in [0.15, 0.2) is 0 Å². The molecule has 0 aliphatic heterocycles. The maximum absolute atomic E-state index is 5.13. The van der Waals surface area contributed by atoms with Gasteiger partial charge < -0.3 is 0 Å². The van der Waals surface area contributed by atoms with E-state index in [1.54, 1.807) is 11.1 Å². The Bertz CT molecular complexity index is 2030. The van der Waals surface area contributed by atoms with Crippen LogP contribution in [0, 0.1) is 0 Å². The number of benzene rings is 4. The molecule has 49 heavy (non-hydrogen) atoms. The zero-order valence-corrected chi connectivity index (χ0v) is 36.9. The zero-order valence-electron chi connectivity index (χ0n) is 31.9. The Labute approximate surface area is 293 Å². The van der Waals surface area contributed by atoms with Gasteiger partial charge in [-0.2, -0.15) is 0 Å². The van der Waals surface area contributed by atoms with E-state index in [1.807, 2.05) is 0 Å². The van der Waals surface area contributed by atoms with Crippen LogP contribution in [0.1, 0.15) is 114 Å². The molecule has 7 rings (SSSR count). The molecule has 3 aliphatic carbocycles. The average Bonchev–Trinajstić information content (AvgIpc) is 3.72. The van der Waals surface area contributed by atoms with Crippen molar-refractivity contribution in [1.29, 1.82) is 0 Å². The van der Waals surface area contributed by atoms with Crippen molar-refractivity contribution in [3.8, 4) is 22.3 Å². The normalized spacial score (nSPS) is 21.8. The number of hydrogen-bond donors (Lipinski definition) is 0. The predicted molar refractivity (Wildman–Crippen MR) is 218 cm³/mol. The number of fused-ring (bicyclic) bond motifs is 2. The minimum absolute atomic E-state index is 0.117. The molecule has 2 atom stereocenters. The van der Waals surface area contributed by atoms with Crippen LogP contribution in [-0.4, -0.2) is 6.94 Å². The molecule has 4 aromatic carbocycles. The van der Waals surface area contributed by atoms with Gasteiger partial charge in [0.1, 0.15) is 0 Å². The topological polar surface area (TPSA) is 0 Å². The Hall–Kier alpha value is -2.55. The maximum atomic E-state index is 2.92. The van der Waals surface area contributed by atoms with Crippen molar-refractivity contribution in [1.82, 2.24) is 0 Å². The summed E-state index contributed by atoms with van der Waals surface area (Å²) in [5.74, 6) is 0. The number of hydrogen-bond acceptors (Lipinski definition) is 0. The van der Waals surface area contributed by atoms with Crippen molar-refractivity contribution in [2.75, 3.05) is 0 Å². The van der Waals surface area contributed by atoms with Crippen LogP contribution in [0.5, 0.6) is 0 Å². The molecule has 1 saturated carbocycles. The molecule has 0 saturated heterocycles. The van der Waals surface area contributed by atoms with Gasteiger partial charge in [0.25, 0.3) is 0 Å². The first-order chi connectivity index (χ1) is 22.8. The Morgan fingerprint density at radius 2 is 0.959 bits per heavy atom. The van der Waals surface area contributed by atoms with Gasteiger partial charge in [0.05, 0.1) is 0 Å². The first kappa shape index (κ1) is 34.9. The molecule has 0 N–H and O–H groups in total. The van der Waals surface area contributed by atoms with E-state index in [9.17, 15) is 0 Å². The van der Waals surface area contributed by atoms with Gasteiger partial charge in [-0.15, -0.1) is 0 Å². The molecule has 0 radical (unpaired) electrons. The summed E-state index contributed by atoms with van der Waals surface area (Å²) in [6.45, 7) is 16.5. The minimum atomic E-state index is -5.13. The SMILES string of the molecule is CC(C)(C)c1cccc(-c2cccc3c2C=C[CH]3[Hf]([CH3])([CH3])([CH3])(=[SiH2])([CH]2CCCCC2)[CH]2C=Cc3c(-c4cccc(C(C)(C)C)c4)cccc32)c1. The molecular weight excluding hydrogens is 771 g/mol. The van der Waals surface area contributed by atoms with Crippen molar-refractivity contribution in [3.05, 3.63) is 130 Å². The van der Waals surface area contributed by atoms with Crippen LogP contribution >= 0.6 is 0 Å². The Balaban J connectivity index is 1.44. The van der Waals surface area contributed by atoms with Gasteiger partial charge >= 0.3 is 296 Å². The zero-order chi connectivity index (χ0) is 35.1. The van der Waals surface area contributed by atoms with Crippen LogP contribution in [0.4, 0.5) is 0 Å². The second kappa shape index (κ2) is 10.5. The van der Waals surface area contributed by atoms with Gasteiger partial charge in [0, 0.05) is 0 Å². The summed E-state index contributed by atoms with van der Waals surface area (Å²) in [7, 11) is 0. The molecule has 3 aliphatic rings. The predicted octanol–water partition coefficient (Wildman–Crippen LogP) is 13.7. The van der Waals surface area contributed by atoms with E-state index < -0.39 is 14.2 Å². The van der Waals surface area contributed by atoms with E-state index in [4.69, 9.17) is 0 Å². The first-order valence-corrected chi connectivity index (χ1v) is 44.5. The average molecular weight is 832 g/mol. The van der Waals surface area contributed by atoms with E-state index in [0.29, 0.717) is 7.35 Å². The summed E-state index contributed by atoms with van der Waals surface area (Å²) in [4.78, 5) is 0. The van der Waals surface area contributed by atoms with Gasteiger partial charge in [-0.3, -0.25) is 0 Å². The summed E-state index contributed by atoms with van der Waals surface area (Å²) in [5.41, 5.74) is 14.6. The first-order valence-electron chi connectivity index (χ1n) is 19.2. The summed E-state index contributed by atoms with van der Waals surface area (Å²) in [6.07, 6.45) is 17.3. The van der Waals surface area contributed by atoms with Crippen LogP contribution < -0.4 is 0 Å². The summed E-state index contributed by atoms with van der Waals surface area (Å²) < 4.78 is 10.4. The van der Waals surface area contributed by atoms with Crippen molar-refractivity contribution in [2.24, 2.45) is 0 Å². The van der Waals surface area contributed by atoms with Gasteiger partial charge in [-0.1, -0.05) is 0 Å². The molecule has 2 unspecified atom stereocenters. The Kier molecular flexibility index (Phi) is 7.48. The molecule has 0 heterocycles. The Morgan fingerprint density at radius 3 is 1.37 bits per heavy atom. The molecule has 0 nitrogen and oxygen atoms in total. The van der Waals surface area contributed by atoms with Crippen LogP contribution in [0.2, 0.25) is 17.7 Å². The van der Waals surface area contributed by atoms with Crippen molar-refractivity contribution < 1.29 is 14.2 Å². The van der Waals surface area contributed by atoms with Gasteiger partial charge in [-0.25, -0.2) is 0 Å². The molecule has 0 bridgehead atoms. The summed E-state index contributed by atoms with van der Waals surface area (Å²) in [5, 5.41) is 0. The van der Waals surface area contributed by atoms with E-state index in [0.717, 1.165) is 3.67 Å². The number of allylic oxidation sites excluding steroid dienone is 2. The van der Waals surface area contributed by atoms with Crippen molar-refractivity contribution in [3.63, 3.8) is 0 Å². The molecule has 2 heteroatoms. The van der Waals surface area contributed by atoms with E-state index in [1.165, 1.54) is 76.6 Å². The van der Waals surface area contributed by atoms with Crippen LogP contribution in [-0.2, 0) is 25.0 Å². The third-order valence-corrected chi connectivity index (χ3v) is 68.2. The van der Waals surface area contributed by atoms with Crippen molar-refractivity contribution in [2.45, 2.75) is 110 Å². The molecule has 0 aromatic heterocycles. The van der Waals surface area contributed by atoms with E-state index in [-0.39, 0.29) is 10.8 Å². The van der Waals surface area contributed by atoms with Crippen LogP contribution in [0.3, 0.4) is 0 Å². The monoisotopic (exact) mass is 832 g/mol. The molecule has 1 fully saturated rings. The standard InChI is InChI=1S/2C19H19.C6H11.3CH3.Hf.H2Si/c2*1-19(2,3)16-10-4-9-15(13-16)18-12-6-8-14-7-5-11-17(14)18;1-2-4-6-5-3-1;;;;;/h2*4-13H,1-3H3;1H,2-6H2;3*1H3;;1H2. The molecular formula is C47H60HfSi. The quantitative estimate of drug-likeness (QED) is 0.176. The molecule has 256 valence electrons. The van der Waals surface area contributed by atoms with Crippen LogP contribution in [0.25, 0.3) is 34.4 Å². The van der Waals surface area contributed by atoms with Gasteiger partial charge in [-0.05, 0) is 0 Å². The third-order valence-electron chi connectivity index (χ3n) is 14.6. The van der Waals surface area contributed by atoms with Crippen LogP contribution in [0.15, 0.2) is 97.1 Å². The molecule has 0 spiro atoms. The fourth-order valence-electron chi connectivity index (χ4n) is 11.1. The van der Waals surface area contributed by atoms with Gasteiger partial charge in [0.2, 0.25) is 0 Å². The number of rotatable bonds is 5. The second-order valence-electron chi connectivity index (χ2n) is 21.6. The van der Waals surface area contributed by atoms with E-state index in [2.05, 4.69) is 172 Å².